The monoisotopic (exact) mass is 294 g/mol. The number of Topliss-reactive ketones (excluding diaryl/α,β-unsaturated/α-hetero) is 1. The van der Waals surface area contributed by atoms with E-state index in [1.165, 1.54) is 18.4 Å². The zero-order valence-corrected chi connectivity index (χ0v) is 12.1. The Morgan fingerprint density at radius 3 is 2.47 bits per heavy atom. The van der Waals surface area contributed by atoms with Gasteiger partial charge in [-0.2, -0.15) is 0 Å². The topological polar surface area (TPSA) is 17.1 Å². The van der Waals surface area contributed by atoms with Gasteiger partial charge in [-0.3, -0.25) is 4.79 Å². The maximum absolute atomic E-state index is 12.3. The van der Waals surface area contributed by atoms with Crippen molar-refractivity contribution in [2.24, 2.45) is 11.8 Å². The Labute approximate surface area is 112 Å². The fourth-order valence-corrected chi connectivity index (χ4v) is 2.88. The Hall–Kier alpha value is -0.630. The molecule has 0 aromatic heterocycles. The van der Waals surface area contributed by atoms with E-state index in [2.05, 4.69) is 22.9 Å². The third-order valence-electron chi connectivity index (χ3n) is 3.84. The van der Waals surface area contributed by atoms with Gasteiger partial charge in [0.15, 0.2) is 5.78 Å². The Kier molecular flexibility index (Phi) is 4.03. The highest BCUT2D eigenvalue weighted by atomic mass is 79.9. The first-order valence-corrected chi connectivity index (χ1v) is 7.17. The summed E-state index contributed by atoms with van der Waals surface area (Å²) in [6.07, 6.45) is 4.52. The smallest absolute Gasteiger partial charge is 0.165 e. The highest BCUT2D eigenvalue weighted by Crippen LogP contribution is 2.31. The summed E-state index contributed by atoms with van der Waals surface area (Å²) >= 11 is 3.50. The van der Waals surface area contributed by atoms with Crippen molar-refractivity contribution in [3.05, 3.63) is 33.8 Å². The van der Waals surface area contributed by atoms with E-state index in [0.29, 0.717) is 5.78 Å². The van der Waals surface area contributed by atoms with Crippen LogP contribution in [0.1, 0.15) is 48.5 Å². The van der Waals surface area contributed by atoms with Crippen LogP contribution >= 0.6 is 15.9 Å². The van der Waals surface area contributed by atoms with Crippen LogP contribution in [0, 0.1) is 18.8 Å². The van der Waals surface area contributed by atoms with Gasteiger partial charge in [0.05, 0.1) is 0 Å². The molecule has 1 aliphatic rings. The van der Waals surface area contributed by atoms with Crippen molar-refractivity contribution in [2.45, 2.75) is 39.5 Å². The SMILES string of the molecule is Cc1ccc(C(=O)C2CCC(C)CC2)cc1Br. The van der Waals surface area contributed by atoms with E-state index in [0.717, 1.165) is 28.8 Å². The van der Waals surface area contributed by atoms with Crippen molar-refractivity contribution in [1.82, 2.24) is 0 Å². The number of hydrogen-bond acceptors (Lipinski definition) is 1. The van der Waals surface area contributed by atoms with E-state index in [9.17, 15) is 4.79 Å². The number of aryl methyl sites for hydroxylation is 1. The fourth-order valence-electron chi connectivity index (χ4n) is 2.50. The van der Waals surface area contributed by atoms with Crippen LogP contribution in [0.15, 0.2) is 22.7 Å². The number of carbonyl (C=O) groups excluding carboxylic acids is 1. The average molecular weight is 295 g/mol. The maximum Gasteiger partial charge on any atom is 0.165 e. The molecule has 0 unspecified atom stereocenters. The molecule has 0 aliphatic heterocycles. The largest absolute Gasteiger partial charge is 0.294 e. The lowest BCUT2D eigenvalue weighted by Gasteiger charge is -2.25. The van der Waals surface area contributed by atoms with Gasteiger partial charge < -0.3 is 0 Å². The van der Waals surface area contributed by atoms with Gasteiger partial charge in [-0.05, 0) is 37.3 Å². The van der Waals surface area contributed by atoms with Crippen molar-refractivity contribution in [1.29, 1.82) is 0 Å². The van der Waals surface area contributed by atoms with Gasteiger partial charge in [0, 0.05) is 16.0 Å². The summed E-state index contributed by atoms with van der Waals surface area (Å²) in [5.74, 6) is 1.38. The van der Waals surface area contributed by atoms with E-state index in [1.807, 2.05) is 25.1 Å². The molecule has 2 rings (SSSR count). The predicted molar refractivity (Wildman–Crippen MR) is 74.3 cm³/mol. The molecule has 0 spiro atoms. The predicted octanol–water partition coefficient (Wildman–Crippen LogP) is 4.77. The number of ketones is 1. The number of hydrogen-bond donors (Lipinski definition) is 0. The van der Waals surface area contributed by atoms with Crippen LogP contribution < -0.4 is 0 Å². The second-order valence-electron chi connectivity index (χ2n) is 5.29. The highest BCUT2D eigenvalue weighted by Gasteiger charge is 2.25. The maximum atomic E-state index is 12.3. The minimum Gasteiger partial charge on any atom is -0.294 e. The number of halogens is 1. The molecular formula is C15H19BrO. The molecule has 1 fully saturated rings. The van der Waals surface area contributed by atoms with Gasteiger partial charge in [-0.25, -0.2) is 0 Å². The second-order valence-corrected chi connectivity index (χ2v) is 6.14. The first-order valence-electron chi connectivity index (χ1n) is 6.38. The van der Waals surface area contributed by atoms with Crippen molar-refractivity contribution in [3.63, 3.8) is 0 Å². The lowest BCUT2D eigenvalue weighted by atomic mass is 9.79. The Morgan fingerprint density at radius 1 is 1.24 bits per heavy atom. The molecule has 0 heterocycles. The molecule has 2 heteroatoms. The lowest BCUT2D eigenvalue weighted by Crippen LogP contribution is -2.21. The number of carbonyl (C=O) groups is 1. The quantitative estimate of drug-likeness (QED) is 0.718. The van der Waals surface area contributed by atoms with Crippen LogP contribution in [-0.4, -0.2) is 5.78 Å². The van der Waals surface area contributed by atoms with Crippen molar-refractivity contribution < 1.29 is 4.79 Å². The van der Waals surface area contributed by atoms with Crippen LogP contribution in [0.25, 0.3) is 0 Å². The summed E-state index contributed by atoms with van der Waals surface area (Å²) in [6.45, 7) is 4.32. The standard InChI is InChI=1S/C15H19BrO/c1-10-3-6-12(7-4-10)15(17)13-8-5-11(2)14(16)9-13/h5,8-10,12H,3-4,6-7H2,1-2H3. The van der Waals surface area contributed by atoms with E-state index >= 15 is 0 Å². The molecule has 1 aliphatic carbocycles. The first kappa shape index (κ1) is 12.8. The van der Waals surface area contributed by atoms with Crippen molar-refractivity contribution in [2.75, 3.05) is 0 Å². The number of benzene rings is 1. The summed E-state index contributed by atoms with van der Waals surface area (Å²) in [7, 11) is 0. The lowest BCUT2D eigenvalue weighted by molar-refractivity contribution is 0.0875. The minimum atomic E-state index is 0.251. The number of rotatable bonds is 2. The first-order chi connectivity index (χ1) is 8.08. The Morgan fingerprint density at radius 2 is 1.88 bits per heavy atom. The van der Waals surface area contributed by atoms with Crippen molar-refractivity contribution in [3.8, 4) is 0 Å². The molecule has 0 amide bonds. The van der Waals surface area contributed by atoms with Gasteiger partial charge >= 0.3 is 0 Å². The normalized spacial score (nSPS) is 24.6. The van der Waals surface area contributed by atoms with E-state index < -0.39 is 0 Å². The van der Waals surface area contributed by atoms with Crippen LogP contribution in [0.2, 0.25) is 0 Å². The van der Waals surface area contributed by atoms with Crippen LogP contribution in [-0.2, 0) is 0 Å². The summed E-state index contributed by atoms with van der Waals surface area (Å²) in [5, 5.41) is 0. The molecule has 1 aromatic carbocycles. The summed E-state index contributed by atoms with van der Waals surface area (Å²) in [5.41, 5.74) is 2.04. The summed E-state index contributed by atoms with van der Waals surface area (Å²) < 4.78 is 1.03. The van der Waals surface area contributed by atoms with Crippen LogP contribution in [0.5, 0.6) is 0 Å². The Bertz CT molecular complexity index is 417. The summed E-state index contributed by atoms with van der Waals surface area (Å²) in [6, 6.07) is 5.94. The molecule has 17 heavy (non-hydrogen) atoms. The zero-order valence-electron chi connectivity index (χ0n) is 10.5. The van der Waals surface area contributed by atoms with E-state index in [-0.39, 0.29) is 5.92 Å². The van der Waals surface area contributed by atoms with Gasteiger partial charge in [0.1, 0.15) is 0 Å². The van der Waals surface area contributed by atoms with Crippen molar-refractivity contribution >= 4 is 21.7 Å². The second kappa shape index (κ2) is 5.34. The van der Waals surface area contributed by atoms with E-state index in [1.54, 1.807) is 0 Å². The average Bonchev–Trinajstić information content (AvgIpc) is 2.33. The van der Waals surface area contributed by atoms with E-state index in [4.69, 9.17) is 0 Å². The zero-order chi connectivity index (χ0) is 12.4. The molecule has 0 bridgehead atoms. The van der Waals surface area contributed by atoms with Crippen LogP contribution in [0.4, 0.5) is 0 Å². The molecule has 92 valence electrons. The molecule has 0 N–H and O–H groups in total. The van der Waals surface area contributed by atoms with Gasteiger partial charge in [-0.15, -0.1) is 0 Å². The molecular weight excluding hydrogens is 276 g/mol. The molecule has 0 radical (unpaired) electrons. The fraction of sp³-hybridized carbons (Fsp3) is 0.533. The Balaban J connectivity index is 2.11. The molecule has 0 saturated heterocycles. The van der Waals surface area contributed by atoms with Gasteiger partial charge in [0.25, 0.3) is 0 Å². The summed E-state index contributed by atoms with van der Waals surface area (Å²) in [4.78, 5) is 12.3. The van der Waals surface area contributed by atoms with Gasteiger partial charge in [-0.1, -0.05) is 47.8 Å². The molecule has 1 saturated carbocycles. The third kappa shape index (κ3) is 2.98. The van der Waals surface area contributed by atoms with Crippen LogP contribution in [0.3, 0.4) is 0 Å². The van der Waals surface area contributed by atoms with Gasteiger partial charge in [0.2, 0.25) is 0 Å². The molecule has 0 atom stereocenters. The minimum absolute atomic E-state index is 0.251. The third-order valence-corrected chi connectivity index (χ3v) is 4.70. The molecule has 1 nitrogen and oxygen atoms in total. The molecule has 1 aromatic rings. The highest BCUT2D eigenvalue weighted by molar-refractivity contribution is 9.10.